The lowest BCUT2D eigenvalue weighted by molar-refractivity contribution is -0.193. The van der Waals surface area contributed by atoms with Crippen LogP contribution in [-0.2, 0) is 33.0 Å². The molecule has 19 heteroatoms. The summed E-state index contributed by atoms with van der Waals surface area (Å²) >= 11 is 0. The maximum atomic E-state index is 13.5. The number of piperidine rings is 1. The summed E-state index contributed by atoms with van der Waals surface area (Å²) in [7, 11) is 1.40. The molecule has 2 aliphatic heterocycles. The number of carbonyl (C=O) groups is 3. The van der Waals surface area contributed by atoms with Crippen LogP contribution < -0.4 is 0 Å². The quantitative estimate of drug-likeness (QED) is 0.388. The van der Waals surface area contributed by atoms with Crippen molar-refractivity contribution in [1.82, 2.24) is 29.5 Å². The van der Waals surface area contributed by atoms with Crippen LogP contribution in [0.2, 0.25) is 0 Å². The number of pyridine rings is 1. The fourth-order valence-corrected chi connectivity index (χ4v) is 4.87. The van der Waals surface area contributed by atoms with Gasteiger partial charge in [-0.3, -0.25) is 14.8 Å². The van der Waals surface area contributed by atoms with Gasteiger partial charge in [0.25, 0.3) is 0 Å². The van der Waals surface area contributed by atoms with E-state index in [1.807, 2.05) is 24.5 Å². The Morgan fingerprint density at radius 3 is 1.89 bits per heavy atom. The lowest BCUT2D eigenvalue weighted by Crippen LogP contribution is -2.57. The lowest BCUT2D eigenvalue weighted by Gasteiger charge is -2.48. The Hall–Kier alpha value is -4.81. The van der Waals surface area contributed by atoms with Crippen LogP contribution in [0, 0.1) is 5.82 Å². The van der Waals surface area contributed by atoms with Gasteiger partial charge in [0.05, 0.1) is 19.2 Å². The number of fused-ring (bicyclic) bond motifs is 2. The van der Waals surface area contributed by atoms with Crippen molar-refractivity contribution in [1.29, 1.82) is 0 Å². The number of halogens is 7. The van der Waals surface area contributed by atoms with Crippen molar-refractivity contribution in [2.75, 3.05) is 26.7 Å². The van der Waals surface area contributed by atoms with Gasteiger partial charge in [0.1, 0.15) is 5.82 Å². The van der Waals surface area contributed by atoms with Gasteiger partial charge >= 0.3 is 30.4 Å². The zero-order chi connectivity index (χ0) is 34.3. The molecule has 1 aromatic carbocycles. The normalized spacial score (nSPS) is 15.9. The molecule has 0 bridgehead atoms. The van der Waals surface area contributed by atoms with Gasteiger partial charge in [0, 0.05) is 44.1 Å². The average Bonchev–Trinajstić information content (AvgIpc) is 3.44. The minimum absolute atomic E-state index is 0.289. The number of hydrogen-bond acceptors (Lipinski definition) is 8. The standard InChI is InChI=1S/C23H25FN6O2.2C2HF3O2/c1-32-22(31)29-15-20-26-27-21(18-2-4-19(24)5-3-18)30(20)23(16-29)8-12-28(13-9-23)14-17-6-10-25-11-7-17;2*3-2(4,5)1(6)7/h2-7,10-11H,8-9,12-16H2,1H3;2*(H,6,7). The molecule has 3 aromatic rings. The van der Waals surface area contributed by atoms with E-state index in [2.05, 4.69) is 24.6 Å². The number of carboxylic acids is 2. The highest BCUT2D eigenvalue weighted by atomic mass is 19.4. The molecule has 0 aliphatic carbocycles. The molecular weight excluding hydrogens is 637 g/mol. The Labute approximate surface area is 256 Å². The number of aromatic nitrogens is 4. The van der Waals surface area contributed by atoms with Crippen molar-refractivity contribution in [3.8, 4) is 11.4 Å². The number of rotatable bonds is 3. The van der Waals surface area contributed by atoms with Crippen LogP contribution in [0.5, 0.6) is 0 Å². The fraction of sp³-hybridized carbons (Fsp3) is 0.407. The van der Waals surface area contributed by atoms with Gasteiger partial charge in [-0.25, -0.2) is 18.8 Å². The molecule has 12 nitrogen and oxygen atoms in total. The smallest absolute Gasteiger partial charge is 0.475 e. The summed E-state index contributed by atoms with van der Waals surface area (Å²) in [5.41, 5.74) is 1.70. The topological polar surface area (TPSA) is 151 Å². The molecule has 1 fully saturated rings. The number of benzene rings is 1. The van der Waals surface area contributed by atoms with Crippen molar-refractivity contribution >= 4 is 18.0 Å². The molecule has 0 saturated carbocycles. The van der Waals surface area contributed by atoms with Crippen LogP contribution in [0.1, 0.15) is 24.2 Å². The fourth-order valence-electron chi connectivity index (χ4n) is 4.87. The Morgan fingerprint density at radius 1 is 0.891 bits per heavy atom. The van der Waals surface area contributed by atoms with Crippen molar-refractivity contribution < 1.29 is 60.1 Å². The molecule has 0 radical (unpaired) electrons. The van der Waals surface area contributed by atoms with Crippen LogP contribution >= 0.6 is 0 Å². The molecule has 5 rings (SSSR count). The molecular formula is C27H27F7N6O6. The minimum atomic E-state index is -5.08. The van der Waals surface area contributed by atoms with Gasteiger partial charge in [-0.2, -0.15) is 26.3 Å². The molecule has 1 saturated heterocycles. The number of carbonyl (C=O) groups excluding carboxylic acids is 1. The zero-order valence-electron chi connectivity index (χ0n) is 23.9. The van der Waals surface area contributed by atoms with Gasteiger partial charge in [0.15, 0.2) is 11.6 Å². The van der Waals surface area contributed by atoms with E-state index in [0.717, 1.165) is 43.9 Å². The lowest BCUT2D eigenvalue weighted by atomic mass is 9.84. The summed E-state index contributed by atoms with van der Waals surface area (Å²) < 4.78 is 84.2. The second kappa shape index (κ2) is 14.5. The van der Waals surface area contributed by atoms with Crippen LogP contribution in [-0.4, -0.2) is 96.9 Å². The highest BCUT2D eigenvalue weighted by molar-refractivity contribution is 5.73. The number of methoxy groups -OCH3 is 1. The number of nitrogens with zero attached hydrogens (tertiary/aromatic N) is 6. The number of likely N-dealkylation sites (tertiary alicyclic amines) is 1. The molecule has 46 heavy (non-hydrogen) atoms. The zero-order valence-corrected chi connectivity index (χ0v) is 23.9. The number of alkyl halides is 6. The summed E-state index contributed by atoms with van der Waals surface area (Å²) in [6.45, 7) is 3.47. The van der Waals surface area contributed by atoms with Crippen molar-refractivity contribution in [2.45, 2.75) is 43.8 Å². The molecule has 1 spiro atoms. The monoisotopic (exact) mass is 664 g/mol. The summed E-state index contributed by atoms with van der Waals surface area (Å²) in [5.74, 6) is -4.36. The number of aliphatic carboxylic acids is 2. The van der Waals surface area contributed by atoms with E-state index >= 15 is 0 Å². The van der Waals surface area contributed by atoms with Gasteiger partial charge in [-0.1, -0.05) is 0 Å². The molecule has 250 valence electrons. The van der Waals surface area contributed by atoms with Gasteiger partial charge in [-0.05, 0) is 54.8 Å². The van der Waals surface area contributed by atoms with E-state index in [4.69, 9.17) is 24.5 Å². The number of amides is 1. The first-order valence-electron chi connectivity index (χ1n) is 13.2. The Kier molecular flexibility index (Phi) is 11.3. The largest absolute Gasteiger partial charge is 0.490 e. The van der Waals surface area contributed by atoms with E-state index in [-0.39, 0.29) is 17.4 Å². The van der Waals surface area contributed by atoms with E-state index in [1.54, 1.807) is 17.0 Å². The first-order chi connectivity index (χ1) is 21.5. The molecule has 2 aromatic heterocycles. The third-order valence-corrected chi connectivity index (χ3v) is 6.98. The molecule has 4 heterocycles. The van der Waals surface area contributed by atoms with Crippen LogP contribution in [0.3, 0.4) is 0 Å². The first kappa shape index (κ1) is 35.7. The third-order valence-electron chi connectivity index (χ3n) is 6.98. The van der Waals surface area contributed by atoms with Crippen LogP contribution in [0.15, 0.2) is 48.8 Å². The second-order valence-electron chi connectivity index (χ2n) is 10.1. The second-order valence-corrected chi connectivity index (χ2v) is 10.1. The van der Waals surface area contributed by atoms with Crippen molar-refractivity contribution in [3.05, 3.63) is 66.0 Å². The molecule has 0 atom stereocenters. The summed E-state index contributed by atoms with van der Waals surface area (Å²) in [4.78, 5) is 38.4. The third kappa shape index (κ3) is 9.11. The van der Waals surface area contributed by atoms with Crippen LogP contribution in [0.4, 0.5) is 35.5 Å². The number of ether oxygens (including phenoxy) is 1. The summed E-state index contributed by atoms with van der Waals surface area (Å²) in [6, 6.07) is 10.4. The van der Waals surface area contributed by atoms with Crippen LogP contribution in [0.25, 0.3) is 11.4 Å². The van der Waals surface area contributed by atoms with Gasteiger partial charge in [0.2, 0.25) is 0 Å². The predicted molar refractivity (Wildman–Crippen MR) is 142 cm³/mol. The minimum Gasteiger partial charge on any atom is -0.475 e. The maximum Gasteiger partial charge on any atom is 0.490 e. The Bertz CT molecular complexity index is 1470. The molecule has 2 aliphatic rings. The Balaban J connectivity index is 0.000000345. The van der Waals surface area contributed by atoms with E-state index in [9.17, 15) is 35.5 Å². The maximum absolute atomic E-state index is 13.5. The van der Waals surface area contributed by atoms with Gasteiger partial charge < -0.3 is 19.5 Å². The van der Waals surface area contributed by atoms with E-state index in [1.165, 1.54) is 24.8 Å². The highest BCUT2D eigenvalue weighted by Crippen LogP contribution is 2.39. The SMILES string of the molecule is COC(=O)N1Cc2nnc(-c3ccc(F)cc3)n2C2(CCN(Cc3ccncc3)CC2)C1.O=C(O)C(F)(F)F.O=C(O)C(F)(F)F. The molecule has 0 unspecified atom stereocenters. The first-order valence-corrected chi connectivity index (χ1v) is 13.2. The van der Waals surface area contributed by atoms with Gasteiger partial charge in [-0.15, -0.1) is 10.2 Å². The average molecular weight is 665 g/mol. The van der Waals surface area contributed by atoms with Crippen molar-refractivity contribution in [3.63, 3.8) is 0 Å². The van der Waals surface area contributed by atoms with E-state index < -0.39 is 24.3 Å². The molecule has 2 N–H and O–H groups in total. The number of hydrogen-bond donors (Lipinski definition) is 2. The Morgan fingerprint density at radius 2 is 1.41 bits per heavy atom. The van der Waals surface area contributed by atoms with E-state index in [0.29, 0.717) is 18.9 Å². The summed E-state index contributed by atoms with van der Waals surface area (Å²) in [6.07, 6.45) is -5.22. The highest BCUT2D eigenvalue weighted by Gasteiger charge is 2.46. The summed E-state index contributed by atoms with van der Waals surface area (Å²) in [5, 5.41) is 23.1. The number of carboxylic acid groups (broad SMARTS) is 2. The van der Waals surface area contributed by atoms with Crippen molar-refractivity contribution in [2.24, 2.45) is 0 Å². The predicted octanol–water partition coefficient (Wildman–Crippen LogP) is 4.32. The molecule has 1 amide bonds.